The van der Waals surface area contributed by atoms with Crippen LogP contribution in [0.3, 0.4) is 0 Å². The molecule has 2 rings (SSSR count). The summed E-state index contributed by atoms with van der Waals surface area (Å²) in [6.45, 7) is 1.92. The molecule has 0 bridgehead atoms. The van der Waals surface area contributed by atoms with Gasteiger partial charge in [0, 0.05) is 6.54 Å². The minimum Gasteiger partial charge on any atom is -0.326 e. The summed E-state index contributed by atoms with van der Waals surface area (Å²) in [7, 11) is -3.49. The van der Waals surface area contributed by atoms with Crippen LogP contribution in [0.4, 0.5) is 4.39 Å². The van der Waals surface area contributed by atoms with Gasteiger partial charge >= 0.3 is 0 Å². The van der Waals surface area contributed by atoms with Crippen molar-refractivity contribution in [2.45, 2.75) is 24.1 Å². The van der Waals surface area contributed by atoms with E-state index in [9.17, 15) is 12.8 Å². The van der Waals surface area contributed by atoms with E-state index < -0.39 is 15.7 Å². The van der Waals surface area contributed by atoms with Crippen LogP contribution in [0.5, 0.6) is 0 Å². The predicted molar refractivity (Wildman–Crippen MR) is 76.4 cm³/mol. The molecule has 2 aromatic carbocycles. The third-order valence-electron chi connectivity index (χ3n) is 3.04. The molecule has 0 atom stereocenters. The number of nitrogens with two attached hydrogens (primary N) is 1. The topological polar surface area (TPSA) is 60.2 Å². The van der Waals surface area contributed by atoms with E-state index in [1.807, 2.05) is 0 Å². The lowest BCUT2D eigenvalue weighted by Gasteiger charge is -2.09. The SMILES string of the molecule is Cc1ccccc1S(=O)(=O)Cc1cc(F)cc(CN)c1. The number of sulfone groups is 1. The molecule has 0 amide bonds. The fourth-order valence-corrected chi connectivity index (χ4v) is 3.73. The zero-order chi connectivity index (χ0) is 14.8. The number of halogens is 1. The third kappa shape index (κ3) is 3.23. The van der Waals surface area contributed by atoms with E-state index >= 15 is 0 Å². The molecule has 0 aliphatic heterocycles. The second-order valence-electron chi connectivity index (χ2n) is 4.70. The van der Waals surface area contributed by atoms with Crippen molar-refractivity contribution in [3.63, 3.8) is 0 Å². The summed E-state index contributed by atoms with van der Waals surface area (Å²) in [5.41, 5.74) is 7.15. The molecule has 0 unspecified atom stereocenters. The van der Waals surface area contributed by atoms with Crippen LogP contribution in [0.2, 0.25) is 0 Å². The van der Waals surface area contributed by atoms with E-state index in [0.717, 1.165) is 0 Å². The minimum absolute atomic E-state index is 0.176. The van der Waals surface area contributed by atoms with Crippen LogP contribution in [0.1, 0.15) is 16.7 Å². The van der Waals surface area contributed by atoms with Gasteiger partial charge in [-0.25, -0.2) is 12.8 Å². The Morgan fingerprint density at radius 2 is 1.75 bits per heavy atom. The number of rotatable bonds is 4. The summed E-state index contributed by atoms with van der Waals surface area (Å²) in [6, 6.07) is 10.9. The van der Waals surface area contributed by atoms with Crippen LogP contribution in [0.15, 0.2) is 47.4 Å². The second-order valence-corrected chi connectivity index (χ2v) is 6.65. The van der Waals surface area contributed by atoms with E-state index in [-0.39, 0.29) is 17.2 Å². The van der Waals surface area contributed by atoms with Gasteiger partial charge in [-0.1, -0.05) is 24.3 Å². The van der Waals surface area contributed by atoms with Crippen LogP contribution in [0, 0.1) is 12.7 Å². The predicted octanol–water partition coefficient (Wildman–Crippen LogP) is 2.57. The number of benzene rings is 2. The Hall–Kier alpha value is -1.72. The van der Waals surface area contributed by atoms with Gasteiger partial charge in [0.05, 0.1) is 10.6 Å². The largest absolute Gasteiger partial charge is 0.326 e. The van der Waals surface area contributed by atoms with Crippen molar-refractivity contribution in [1.82, 2.24) is 0 Å². The minimum atomic E-state index is -3.49. The zero-order valence-corrected chi connectivity index (χ0v) is 12.0. The van der Waals surface area contributed by atoms with Gasteiger partial charge in [-0.05, 0) is 41.8 Å². The number of hydrogen-bond donors (Lipinski definition) is 1. The molecular formula is C15H16FNO2S. The molecule has 0 saturated carbocycles. The molecule has 106 valence electrons. The quantitative estimate of drug-likeness (QED) is 0.942. The maximum Gasteiger partial charge on any atom is 0.182 e. The molecule has 2 N–H and O–H groups in total. The molecule has 0 heterocycles. The van der Waals surface area contributed by atoms with Crippen molar-refractivity contribution in [3.8, 4) is 0 Å². The Bertz CT molecular complexity index is 726. The van der Waals surface area contributed by atoms with Gasteiger partial charge in [-0.15, -0.1) is 0 Å². The van der Waals surface area contributed by atoms with Crippen molar-refractivity contribution in [1.29, 1.82) is 0 Å². The van der Waals surface area contributed by atoms with E-state index in [4.69, 9.17) is 5.73 Å². The van der Waals surface area contributed by atoms with Crippen molar-refractivity contribution in [3.05, 3.63) is 65.0 Å². The zero-order valence-electron chi connectivity index (χ0n) is 11.1. The summed E-state index contributed by atoms with van der Waals surface area (Å²) >= 11 is 0. The normalized spacial score (nSPS) is 11.6. The first kappa shape index (κ1) is 14.7. The van der Waals surface area contributed by atoms with Crippen molar-refractivity contribution >= 4 is 9.84 Å². The molecule has 20 heavy (non-hydrogen) atoms. The first-order chi connectivity index (χ1) is 9.42. The Balaban J connectivity index is 2.38. The van der Waals surface area contributed by atoms with Crippen LogP contribution in [0.25, 0.3) is 0 Å². The molecule has 3 nitrogen and oxygen atoms in total. The van der Waals surface area contributed by atoms with Crippen LogP contribution >= 0.6 is 0 Å². The highest BCUT2D eigenvalue weighted by Gasteiger charge is 2.18. The molecule has 0 saturated heterocycles. The van der Waals surface area contributed by atoms with Crippen LogP contribution < -0.4 is 5.73 Å². The van der Waals surface area contributed by atoms with Gasteiger partial charge < -0.3 is 5.73 Å². The van der Waals surface area contributed by atoms with Crippen LogP contribution in [-0.4, -0.2) is 8.42 Å². The highest BCUT2D eigenvalue weighted by atomic mass is 32.2. The first-order valence-corrected chi connectivity index (χ1v) is 7.84. The summed E-state index contributed by atoms with van der Waals surface area (Å²) in [5, 5.41) is 0. The Labute approximate surface area is 118 Å². The average molecular weight is 293 g/mol. The highest BCUT2D eigenvalue weighted by molar-refractivity contribution is 7.90. The molecule has 0 radical (unpaired) electrons. The molecular weight excluding hydrogens is 277 g/mol. The summed E-state index contributed by atoms with van der Waals surface area (Å²) in [6.07, 6.45) is 0. The Morgan fingerprint density at radius 3 is 2.40 bits per heavy atom. The maximum absolute atomic E-state index is 13.4. The van der Waals surface area contributed by atoms with E-state index in [2.05, 4.69) is 0 Å². The van der Waals surface area contributed by atoms with Gasteiger partial charge in [-0.2, -0.15) is 0 Å². The van der Waals surface area contributed by atoms with Crippen molar-refractivity contribution in [2.24, 2.45) is 5.73 Å². The lowest BCUT2D eigenvalue weighted by molar-refractivity contribution is 0.594. The maximum atomic E-state index is 13.4. The van der Waals surface area contributed by atoms with Gasteiger partial charge in [0.15, 0.2) is 9.84 Å². The Kier molecular flexibility index (Phi) is 4.20. The molecule has 0 fully saturated rings. The fourth-order valence-electron chi connectivity index (χ4n) is 2.12. The van der Waals surface area contributed by atoms with Crippen LogP contribution in [-0.2, 0) is 22.1 Å². The standard InChI is InChI=1S/C15H16FNO2S/c1-11-4-2-3-5-15(11)20(18,19)10-13-6-12(9-17)7-14(16)8-13/h2-8H,9-10,17H2,1H3. The summed E-state index contributed by atoms with van der Waals surface area (Å²) < 4.78 is 38.2. The van der Waals surface area contributed by atoms with Crippen molar-refractivity contribution < 1.29 is 12.8 Å². The lowest BCUT2D eigenvalue weighted by atomic mass is 10.1. The number of aryl methyl sites for hydroxylation is 1. The summed E-state index contributed by atoms with van der Waals surface area (Å²) in [4.78, 5) is 0.276. The van der Waals surface area contributed by atoms with E-state index in [1.54, 1.807) is 37.3 Å². The smallest absolute Gasteiger partial charge is 0.182 e. The molecule has 0 aromatic heterocycles. The highest BCUT2D eigenvalue weighted by Crippen LogP contribution is 2.21. The first-order valence-electron chi connectivity index (χ1n) is 6.19. The number of hydrogen-bond acceptors (Lipinski definition) is 3. The fraction of sp³-hybridized carbons (Fsp3) is 0.200. The van der Waals surface area contributed by atoms with Gasteiger partial charge in [-0.3, -0.25) is 0 Å². The third-order valence-corrected chi connectivity index (χ3v) is 4.88. The second kappa shape index (κ2) is 5.73. The van der Waals surface area contributed by atoms with E-state index in [0.29, 0.717) is 16.7 Å². The molecule has 2 aromatic rings. The summed E-state index contributed by atoms with van der Waals surface area (Å²) in [5.74, 6) is -0.703. The van der Waals surface area contributed by atoms with Crippen molar-refractivity contribution in [2.75, 3.05) is 0 Å². The van der Waals surface area contributed by atoms with Gasteiger partial charge in [0.2, 0.25) is 0 Å². The molecule has 0 aliphatic rings. The monoisotopic (exact) mass is 293 g/mol. The average Bonchev–Trinajstić information content (AvgIpc) is 2.37. The molecule has 5 heteroatoms. The lowest BCUT2D eigenvalue weighted by Crippen LogP contribution is -2.08. The van der Waals surface area contributed by atoms with Gasteiger partial charge in [0.25, 0.3) is 0 Å². The Morgan fingerprint density at radius 1 is 1.10 bits per heavy atom. The molecule has 0 aliphatic carbocycles. The van der Waals surface area contributed by atoms with Gasteiger partial charge in [0.1, 0.15) is 5.82 Å². The van der Waals surface area contributed by atoms with E-state index in [1.165, 1.54) is 12.1 Å². The molecule has 0 spiro atoms.